The van der Waals surface area contributed by atoms with Crippen LogP contribution in [0.4, 0.5) is 11.4 Å². The van der Waals surface area contributed by atoms with E-state index in [2.05, 4.69) is 10.6 Å². The number of nitrogens with one attached hydrogen (secondary N) is 2. The number of para-hydroxylation sites is 2. The van der Waals surface area contributed by atoms with Crippen LogP contribution in [0.1, 0.15) is 18.4 Å². The van der Waals surface area contributed by atoms with Crippen molar-refractivity contribution in [1.82, 2.24) is 4.90 Å². The Bertz CT molecular complexity index is 954. The third-order valence-corrected chi connectivity index (χ3v) is 6.69. The average Bonchev–Trinajstić information content (AvgIpc) is 2.74. The fraction of sp³-hybridized carbons (Fsp3) is 0.318. The fourth-order valence-electron chi connectivity index (χ4n) is 3.69. The highest BCUT2D eigenvalue weighted by molar-refractivity contribution is 8.01. The van der Waals surface area contributed by atoms with E-state index >= 15 is 0 Å². The normalized spacial score (nSPS) is 19.3. The van der Waals surface area contributed by atoms with E-state index < -0.39 is 5.25 Å². The van der Waals surface area contributed by atoms with Crippen molar-refractivity contribution in [1.29, 1.82) is 0 Å². The highest BCUT2D eigenvalue weighted by Gasteiger charge is 2.37. The van der Waals surface area contributed by atoms with E-state index in [1.54, 1.807) is 4.90 Å². The molecule has 2 aromatic carbocycles. The van der Waals surface area contributed by atoms with Crippen molar-refractivity contribution in [2.45, 2.75) is 29.9 Å². The number of anilines is 2. The first kappa shape index (κ1) is 19.5. The molecule has 0 saturated carbocycles. The summed E-state index contributed by atoms with van der Waals surface area (Å²) in [4.78, 5) is 40.6. The number of nitrogens with zero attached hydrogens (tertiary/aromatic N) is 1. The van der Waals surface area contributed by atoms with Crippen LogP contribution >= 0.6 is 11.8 Å². The summed E-state index contributed by atoms with van der Waals surface area (Å²) in [6.45, 7) is 2.93. The third kappa shape index (κ3) is 4.15. The van der Waals surface area contributed by atoms with Crippen molar-refractivity contribution in [3.05, 3.63) is 54.1 Å². The molecule has 150 valence electrons. The van der Waals surface area contributed by atoms with Crippen LogP contribution in [0.3, 0.4) is 0 Å². The number of piperidine rings is 1. The Kier molecular flexibility index (Phi) is 5.58. The van der Waals surface area contributed by atoms with Gasteiger partial charge in [0.15, 0.2) is 5.25 Å². The number of thioether (sulfide) groups is 1. The summed E-state index contributed by atoms with van der Waals surface area (Å²) < 4.78 is 0. The molecule has 2 aliphatic rings. The van der Waals surface area contributed by atoms with Crippen LogP contribution in [0.25, 0.3) is 0 Å². The first-order valence-corrected chi connectivity index (χ1v) is 10.6. The van der Waals surface area contributed by atoms with Crippen molar-refractivity contribution < 1.29 is 14.4 Å². The molecule has 0 aromatic heterocycles. The molecule has 29 heavy (non-hydrogen) atoms. The standard InChI is InChI=1S/C22H23N3O3S/c1-14-6-2-3-7-16(14)23-20(26)15-10-12-25(13-11-15)22(28)19-21(27)24-17-8-4-5-9-18(17)29-19/h2-9,15,19H,10-13H2,1H3,(H,23,26)(H,24,27)/t19-/m1/s1. The molecule has 6 nitrogen and oxygen atoms in total. The zero-order chi connectivity index (χ0) is 20.4. The Hall–Kier alpha value is -2.80. The number of hydrogen-bond acceptors (Lipinski definition) is 4. The van der Waals surface area contributed by atoms with Crippen molar-refractivity contribution in [2.24, 2.45) is 5.92 Å². The van der Waals surface area contributed by atoms with Gasteiger partial charge in [-0.25, -0.2) is 0 Å². The minimum Gasteiger partial charge on any atom is -0.341 e. The Morgan fingerprint density at radius 3 is 2.52 bits per heavy atom. The van der Waals surface area contributed by atoms with Crippen molar-refractivity contribution >= 4 is 40.9 Å². The molecule has 1 atom stereocenters. The molecule has 4 rings (SSSR count). The van der Waals surface area contributed by atoms with Crippen LogP contribution in [-0.4, -0.2) is 41.0 Å². The molecular weight excluding hydrogens is 386 g/mol. The minimum atomic E-state index is -0.776. The zero-order valence-corrected chi connectivity index (χ0v) is 17.0. The summed E-state index contributed by atoms with van der Waals surface area (Å²) in [5, 5.41) is 5.04. The van der Waals surface area contributed by atoms with Crippen LogP contribution < -0.4 is 10.6 Å². The number of amides is 3. The number of benzene rings is 2. The molecule has 0 unspecified atom stereocenters. The van der Waals surface area contributed by atoms with Gasteiger partial charge in [-0.3, -0.25) is 14.4 Å². The lowest BCUT2D eigenvalue weighted by Gasteiger charge is -2.34. The molecule has 1 saturated heterocycles. The smallest absolute Gasteiger partial charge is 0.247 e. The van der Waals surface area contributed by atoms with E-state index in [0.29, 0.717) is 25.9 Å². The molecule has 1 fully saturated rings. The molecule has 0 bridgehead atoms. The van der Waals surface area contributed by atoms with Gasteiger partial charge in [0.2, 0.25) is 17.7 Å². The first-order valence-electron chi connectivity index (χ1n) is 9.75. The Morgan fingerprint density at radius 1 is 1.07 bits per heavy atom. The number of likely N-dealkylation sites (tertiary alicyclic amines) is 1. The second-order valence-corrected chi connectivity index (χ2v) is 8.53. The van der Waals surface area contributed by atoms with Gasteiger partial charge in [-0.15, -0.1) is 11.8 Å². The molecule has 2 aromatic rings. The van der Waals surface area contributed by atoms with Crippen LogP contribution in [0.5, 0.6) is 0 Å². The second-order valence-electron chi connectivity index (χ2n) is 7.39. The van der Waals surface area contributed by atoms with Crippen molar-refractivity contribution in [2.75, 3.05) is 23.7 Å². The molecule has 0 spiro atoms. The second kappa shape index (κ2) is 8.29. The Labute approximate surface area is 174 Å². The van der Waals surface area contributed by atoms with E-state index in [9.17, 15) is 14.4 Å². The number of carbonyl (C=O) groups is 3. The van der Waals surface area contributed by atoms with Gasteiger partial charge in [0, 0.05) is 29.6 Å². The largest absolute Gasteiger partial charge is 0.341 e. The van der Waals surface area contributed by atoms with Gasteiger partial charge in [-0.05, 0) is 43.5 Å². The molecule has 2 heterocycles. The van der Waals surface area contributed by atoms with Gasteiger partial charge in [-0.2, -0.15) is 0 Å². The lowest BCUT2D eigenvalue weighted by molar-refractivity contribution is -0.136. The molecule has 2 aliphatic heterocycles. The summed E-state index contributed by atoms with van der Waals surface area (Å²) in [7, 11) is 0. The highest BCUT2D eigenvalue weighted by atomic mass is 32.2. The van der Waals surface area contributed by atoms with Crippen LogP contribution in [0.2, 0.25) is 0 Å². The third-order valence-electron chi connectivity index (χ3n) is 5.43. The monoisotopic (exact) mass is 409 g/mol. The molecule has 0 aliphatic carbocycles. The molecule has 2 N–H and O–H groups in total. The highest BCUT2D eigenvalue weighted by Crippen LogP contribution is 2.36. The number of aryl methyl sites for hydroxylation is 1. The molecule has 0 radical (unpaired) electrons. The average molecular weight is 410 g/mol. The van der Waals surface area contributed by atoms with Gasteiger partial charge >= 0.3 is 0 Å². The number of rotatable bonds is 3. The van der Waals surface area contributed by atoms with Gasteiger partial charge in [-0.1, -0.05) is 30.3 Å². The topological polar surface area (TPSA) is 78.5 Å². The van der Waals surface area contributed by atoms with E-state index in [-0.39, 0.29) is 23.6 Å². The van der Waals surface area contributed by atoms with Gasteiger partial charge in [0.1, 0.15) is 0 Å². The van der Waals surface area contributed by atoms with Gasteiger partial charge in [0.05, 0.1) is 5.69 Å². The minimum absolute atomic E-state index is 0.00916. The van der Waals surface area contributed by atoms with E-state index in [4.69, 9.17) is 0 Å². The zero-order valence-electron chi connectivity index (χ0n) is 16.2. The summed E-state index contributed by atoms with van der Waals surface area (Å²) in [6, 6.07) is 15.2. The quantitative estimate of drug-likeness (QED) is 0.763. The fourth-order valence-corrected chi connectivity index (χ4v) is 4.76. The summed E-state index contributed by atoms with van der Waals surface area (Å²) in [5.41, 5.74) is 2.59. The van der Waals surface area contributed by atoms with Crippen LogP contribution in [0, 0.1) is 12.8 Å². The van der Waals surface area contributed by atoms with E-state index in [1.165, 1.54) is 11.8 Å². The predicted molar refractivity (Wildman–Crippen MR) is 114 cm³/mol. The number of hydrogen-bond donors (Lipinski definition) is 2. The summed E-state index contributed by atoms with van der Waals surface area (Å²) in [5.74, 6) is -0.602. The maximum atomic E-state index is 12.9. The maximum Gasteiger partial charge on any atom is 0.247 e. The summed E-state index contributed by atoms with van der Waals surface area (Å²) >= 11 is 1.29. The maximum absolute atomic E-state index is 12.9. The molecular formula is C22H23N3O3S. The molecule has 3 amide bonds. The first-order chi connectivity index (χ1) is 14.0. The number of carbonyl (C=O) groups excluding carboxylic acids is 3. The van der Waals surface area contributed by atoms with Gasteiger partial charge in [0.25, 0.3) is 0 Å². The van der Waals surface area contributed by atoms with Gasteiger partial charge < -0.3 is 15.5 Å². The van der Waals surface area contributed by atoms with Crippen LogP contribution in [-0.2, 0) is 14.4 Å². The summed E-state index contributed by atoms with van der Waals surface area (Å²) in [6.07, 6.45) is 1.19. The van der Waals surface area contributed by atoms with E-state index in [0.717, 1.165) is 21.8 Å². The Morgan fingerprint density at radius 2 is 1.76 bits per heavy atom. The lowest BCUT2D eigenvalue weighted by Crippen LogP contribution is -2.48. The lowest BCUT2D eigenvalue weighted by atomic mass is 9.95. The van der Waals surface area contributed by atoms with Crippen molar-refractivity contribution in [3.63, 3.8) is 0 Å². The van der Waals surface area contributed by atoms with Crippen molar-refractivity contribution in [3.8, 4) is 0 Å². The Balaban J connectivity index is 1.35. The SMILES string of the molecule is Cc1ccccc1NC(=O)C1CCN(C(=O)[C@@H]2Sc3ccccc3NC2=O)CC1. The van der Waals surface area contributed by atoms with E-state index in [1.807, 2.05) is 55.5 Å². The predicted octanol–water partition coefficient (Wildman–Crippen LogP) is 3.29. The molecule has 7 heteroatoms. The van der Waals surface area contributed by atoms with Crippen LogP contribution in [0.15, 0.2) is 53.4 Å². The number of fused-ring (bicyclic) bond motifs is 1.